The minimum Gasteiger partial charge on any atom is -0.389 e. The van der Waals surface area contributed by atoms with Crippen molar-refractivity contribution in [3.05, 3.63) is 23.3 Å². The highest BCUT2D eigenvalue weighted by molar-refractivity contribution is 5.36. The quantitative estimate of drug-likeness (QED) is 0.594. The van der Waals surface area contributed by atoms with Crippen LogP contribution in [0, 0.1) is 17.2 Å². The number of fused-ring (bicyclic) bond motifs is 1. The molecule has 0 radical (unpaired) electrons. The number of aliphatic hydroxyl groups is 1. The molecule has 0 heterocycles. The molecule has 14 heavy (non-hydrogen) atoms. The first-order chi connectivity index (χ1) is 6.63. The number of nitriles is 1. The van der Waals surface area contributed by atoms with E-state index in [2.05, 4.69) is 12.1 Å². The van der Waals surface area contributed by atoms with Gasteiger partial charge in [0.1, 0.15) is 0 Å². The molecule has 74 valence electrons. The van der Waals surface area contributed by atoms with Gasteiger partial charge in [-0.2, -0.15) is 5.26 Å². The Morgan fingerprint density at radius 2 is 2.43 bits per heavy atom. The summed E-state index contributed by atoms with van der Waals surface area (Å²) in [7, 11) is 0. The lowest BCUT2D eigenvalue weighted by Crippen LogP contribution is -2.38. The van der Waals surface area contributed by atoms with Gasteiger partial charge in [-0.1, -0.05) is 17.7 Å². The van der Waals surface area contributed by atoms with E-state index in [1.165, 1.54) is 5.57 Å². The molecule has 0 aromatic carbocycles. The fourth-order valence-electron chi connectivity index (χ4n) is 2.47. The molecule has 1 N–H and O–H groups in total. The van der Waals surface area contributed by atoms with Crippen molar-refractivity contribution in [1.82, 2.24) is 0 Å². The van der Waals surface area contributed by atoms with E-state index in [1.807, 2.05) is 13.0 Å². The van der Waals surface area contributed by atoms with Gasteiger partial charge in [0.15, 0.2) is 0 Å². The van der Waals surface area contributed by atoms with E-state index in [9.17, 15) is 5.11 Å². The van der Waals surface area contributed by atoms with E-state index in [-0.39, 0.29) is 5.92 Å². The number of rotatable bonds is 0. The molecule has 2 aliphatic carbocycles. The second kappa shape index (κ2) is 3.25. The summed E-state index contributed by atoms with van der Waals surface area (Å²) in [6.45, 7) is 1.88. The number of nitrogens with zero attached hydrogens (tertiary/aromatic N) is 1. The number of hydrogen-bond acceptors (Lipinski definition) is 2. The van der Waals surface area contributed by atoms with Crippen LogP contribution in [0.25, 0.3) is 0 Å². The van der Waals surface area contributed by atoms with Gasteiger partial charge in [0.2, 0.25) is 0 Å². The molecule has 1 saturated carbocycles. The zero-order chi connectivity index (χ0) is 10.2. The smallest absolute Gasteiger partial charge is 0.0947 e. The third-order valence-corrected chi connectivity index (χ3v) is 3.31. The molecule has 2 aliphatic rings. The van der Waals surface area contributed by atoms with Gasteiger partial charge in [0.05, 0.1) is 11.7 Å². The standard InChI is InChI=1S/C12H15NO/c1-12(14)6-2-3-10-5-4-9(8-13)7-11(10)12/h5,7,11,14H,2-4,6H2,1H3/t11-,12-/m0/s1. The largest absolute Gasteiger partial charge is 0.389 e. The minimum absolute atomic E-state index is 0.0830. The molecule has 2 rings (SSSR count). The molecule has 0 unspecified atom stereocenters. The summed E-state index contributed by atoms with van der Waals surface area (Å²) in [5, 5.41) is 19.0. The average molecular weight is 189 g/mol. The molecule has 2 nitrogen and oxygen atoms in total. The SMILES string of the molecule is C[C@]1(O)CCCC2=CCC(C#N)=C[C@@H]21. The molecule has 0 spiro atoms. The zero-order valence-corrected chi connectivity index (χ0v) is 8.45. The van der Waals surface area contributed by atoms with E-state index in [4.69, 9.17) is 5.26 Å². The molecule has 0 aromatic rings. The Bertz CT molecular complexity index is 344. The van der Waals surface area contributed by atoms with Gasteiger partial charge in [-0.15, -0.1) is 0 Å². The summed E-state index contributed by atoms with van der Waals surface area (Å²) in [5.41, 5.74) is 1.47. The van der Waals surface area contributed by atoms with Gasteiger partial charge in [0, 0.05) is 17.9 Å². The lowest BCUT2D eigenvalue weighted by Gasteiger charge is -2.39. The van der Waals surface area contributed by atoms with Crippen LogP contribution in [0.3, 0.4) is 0 Å². The second-order valence-electron chi connectivity index (χ2n) is 4.48. The first kappa shape index (κ1) is 9.48. The predicted octanol–water partition coefficient (Wildman–Crippen LogP) is 2.32. The first-order valence-electron chi connectivity index (χ1n) is 5.15. The lowest BCUT2D eigenvalue weighted by atomic mass is 9.70. The zero-order valence-electron chi connectivity index (χ0n) is 8.45. The Kier molecular flexibility index (Phi) is 2.20. The third-order valence-electron chi connectivity index (χ3n) is 3.31. The van der Waals surface area contributed by atoms with Crippen LogP contribution in [0.1, 0.15) is 32.6 Å². The van der Waals surface area contributed by atoms with Crippen molar-refractivity contribution in [1.29, 1.82) is 5.26 Å². The Morgan fingerprint density at radius 1 is 1.64 bits per heavy atom. The molecular weight excluding hydrogens is 174 g/mol. The van der Waals surface area contributed by atoms with Gasteiger partial charge in [-0.25, -0.2) is 0 Å². The van der Waals surface area contributed by atoms with E-state index in [1.54, 1.807) is 0 Å². The highest BCUT2D eigenvalue weighted by atomic mass is 16.3. The van der Waals surface area contributed by atoms with E-state index < -0.39 is 5.60 Å². The summed E-state index contributed by atoms with van der Waals surface area (Å²) < 4.78 is 0. The minimum atomic E-state index is -0.646. The van der Waals surface area contributed by atoms with Crippen LogP contribution >= 0.6 is 0 Å². The van der Waals surface area contributed by atoms with Crippen molar-refractivity contribution in [2.24, 2.45) is 5.92 Å². The van der Waals surface area contributed by atoms with Gasteiger partial charge in [-0.3, -0.25) is 0 Å². The summed E-state index contributed by atoms with van der Waals surface area (Å²) in [6.07, 6.45) is 7.80. The monoisotopic (exact) mass is 189 g/mol. The maximum atomic E-state index is 10.2. The van der Waals surface area contributed by atoms with Crippen LogP contribution in [0.5, 0.6) is 0 Å². The molecule has 0 aliphatic heterocycles. The first-order valence-corrected chi connectivity index (χ1v) is 5.15. The van der Waals surface area contributed by atoms with Crippen LogP contribution in [-0.2, 0) is 0 Å². The summed E-state index contributed by atoms with van der Waals surface area (Å²) in [4.78, 5) is 0. The molecule has 0 saturated heterocycles. The number of allylic oxidation sites excluding steroid dienone is 2. The molecule has 0 bridgehead atoms. The van der Waals surface area contributed by atoms with E-state index >= 15 is 0 Å². The average Bonchev–Trinajstić information content (AvgIpc) is 2.17. The fraction of sp³-hybridized carbons (Fsp3) is 0.583. The van der Waals surface area contributed by atoms with E-state index in [0.29, 0.717) is 0 Å². The highest BCUT2D eigenvalue weighted by Gasteiger charge is 2.37. The Labute approximate surface area is 84.5 Å². The van der Waals surface area contributed by atoms with Crippen molar-refractivity contribution in [3.8, 4) is 6.07 Å². The van der Waals surface area contributed by atoms with Crippen LogP contribution in [-0.4, -0.2) is 10.7 Å². The molecular formula is C12H15NO. The molecule has 0 aromatic heterocycles. The molecule has 1 fully saturated rings. The van der Waals surface area contributed by atoms with E-state index in [0.717, 1.165) is 31.3 Å². The summed E-state index contributed by atoms with van der Waals surface area (Å²) in [5.74, 6) is 0.0830. The Morgan fingerprint density at radius 3 is 3.14 bits per heavy atom. The van der Waals surface area contributed by atoms with Crippen LogP contribution in [0.15, 0.2) is 23.3 Å². The van der Waals surface area contributed by atoms with Gasteiger partial charge < -0.3 is 5.11 Å². The third kappa shape index (κ3) is 1.49. The van der Waals surface area contributed by atoms with Crippen molar-refractivity contribution >= 4 is 0 Å². The Hall–Kier alpha value is -1.07. The summed E-state index contributed by atoms with van der Waals surface area (Å²) in [6, 6.07) is 2.18. The molecule has 0 amide bonds. The summed E-state index contributed by atoms with van der Waals surface area (Å²) >= 11 is 0. The van der Waals surface area contributed by atoms with Gasteiger partial charge in [-0.05, 0) is 26.2 Å². The predicted molar refractivity (Wildman–Crippen MR) is 54.4 cm³/mol. The molecule has 2 atom stereocenters. The van der Waals surface area contributed by atoms with Crippen molar-refractivity contribution in [2.45, 2.75) is 38.2 Å². The second-order valence-corrected chi connectivity index (χ2v) is 4.48. The maximum absolute atomic E-state index is 10.2. The van der Waals surface area contributed by atoms with Crippen molar-refractivity contribution in [2.75, 3.05) is 0 Å². The van der Waals surface area contributed by atoms with Gasteiger partial charge >= 0.3 is 0 Å². The van der Waals surface area contributed by atoms with Crippen LogP contribution < -0.4 is 0 Å². The van der Waals surface area contributed by atoms with Crippen molar-refractivity contribution < 1.29 is 5.11 Å². The van der Waals surface area contributed by atoms with Crippen molar-refractivity contribution in [3.63, 3.8) is 0 Å². The van der Waals surface area contributed by atoms with Crippen LogP contribution in [0.2, 0.25) is 0 Å². The van der Waals surface area contributed by atoms with Crippen LogP contribution in [0.4, 0.5) is 0 Å². The number of hydrogen-bond donors (Lipinski definition) is 1. The topological polar surface area (TPSA) is 44.0 Å². The molecule has 2 heteroatoms. The highest BCUT2D eigenvalue weighted by Crippen LogP contribution is 2.41. The lowest BCUT2D eigenvalue weighted by molar-refractivity contribution is 0.00743. The normalized spacial score (nSPS) is 36.5. The fourth-order valence-corrected chi connectivity index (χ4v) is 2.47. The van der Waals surface area contributed by atoms with Gasteiger partial charge in [0.25, 0.3) is 0 Å². The maximum Gasteiger partial charge on any atom is 0.0947 e. The Balaban J connectivity index is 2.32.